The quantitative estimate of drug-likeness (QED) is 0.788. The molecule has 2 aliphatic rings. The molecule has 0 aromatic heterocycles. The Bertz CT molecular complexity index is 423. The SMILES string of the molecule is CNS(=O)(=O)N1C(C(=O)O)CCC2CCCCC21. The number of carbonyl (C=O) groups is 1. The van der Waals surface area contributed by atoms with E-state index in [9.17, 15) is 18.3 Å². The molecule has 0 spiro atoms. The first-order chi connectivity index (χ1) is 8.47. The smallest absolute Gasteiger partial charge is 0.322 e. The molecule has 1 aliphatic heterocycles. The van der Waals surface area contributed by atoms with Crippen LogP contribution in [0.3, 0.4) is 0 Å². The molecular formula is C11H20N2O4S. The van der Waals surface area contributed by atoms with Crippen molar-refractivity contribution in [3.8, 4) is 0 Å². The van der Waals surface area contributed by atoms with Crippen LogP contribution in [0.2, 0.25) is 0 Å². The molecule has 1 saturated carbocycles. The van der Waals surface area contributed by atoms with Crippen molar-refractivity contribution in [3.63, 3.8) is 0 Å². The van der Waals surface area contributed by atoms with E-state index in [0.29, 0.717) is 12.3 Å². The number of piperidine rings is 1. The molecule has 1 aliphatic carbocycles. The van der Waals surface area contributed by atoms with Crippen LogP contribution in [-0.2, 0) is 15.0 Å². The van der Waals surface area contributed by atoms with Crippen LogP contribution in [-0.4, -0.2) is 42.9 Å². The molecule has 1 saturated heterocycles. The first kappa shape index (κ1) is 13.8. The summed E-state index contributed by atoms with van der Waals surface area (Å²) in [5.41, 5.74) is 0. The predicted molar refractivity (Wildman–Crippen MR) is 66.2 cm³/mol. The number of hydrogen-bond donors (Lipinski definition) is 2. The zero-order valence-electron chi connectivity index (χ0n) is 10.5. The first-order valence-corrected chi connectivity index (χ1v) is 7.86. The summed E-state index contributed by atoms with van der Waals surface area (Å²) in [6.45, 7) is 0. The normalized spacial score (nSPS) is 33.9. The third kappa shape index (κ3) is 2.39. The van der Waals surface area contributed by atoms with Gasteiger partial charge in [-0.25, -0.2) is 4.72 Å². The van der Waals surface area contributed by atoms with E-state index in [-0.39, 0.29) is 6.04 Å². The zero-order chi connectivity index (χ0) is 13.3. The monoisotopic (exact) mass is 276 g/mol. The molecule has 3 unspecified atom stereocenters. The van der Waals surface area contributed by atoms with Gasteiger partial charge in [0.2, 0.25) is 0 Å². The van der Waals surface area contributed by atoms with Crippen LogP contribution in [0, 0.1) is 5.92 Å². The van der Waals surface area contributed by atoms with Crippen LogP contribution in [0.15, 0.2) is 0 Å². The lowest BCUT2D eigenvalue weighted by Crippen LogP contribution is -2.59. The van der Waals surface area contributed by atoms with E-state index in [1.54, 1.807) is 0 Å². The molecule has 18 heavy (non-hydrogen) atoms. The maximum absolute atomic E-state index is 12.1. The summed E-state index contributed by atoms with van der Waals surface area (Å²) in [5.74, 6) is -0.727. The highest BCUT2D eigenvalue weighted by molar-refractivity contribution is 7.87. The number of nitrogens with zero attached hydrogens (tertiary/aromatic N) is 1. The molecule has 3 atom stereocenters. The molecule has 0 amide bonds. The van der Waals surface area contributed by atoms with Crippen molar-refractivity contribution in [1.29, 1.82) is 0 Å². The average molecular weight is 276 g/mol. The minimum atomic E-state index is -3.68. The van der Waals surface area contributed by atoms with Crippen LogP contribution >= 0.6 is 0 Å². The maximum Gasteiger partial charge on any atom is 0.322 e. The van der Waals surface area contributed by atoms with E-state index >= 15 is 0 Å². The molecule has 1 heterocycles. The van der Waals surface area contributed by atoms with Gasteiger partial charge in [-0.15, -0.1) is 0 Å². The minimum Gasteiger partial charge on any atom is -0.480 e. The van der Waals surface area contributed by atoms with Crippen molar-refractivity contribution < 1.29 is 18.3 Å². The Labute approximate surface area is 108 Å². The molecule has 2 fully saturated rings. The van der Waals surface area contributed by atoms with Gasteiger partial charge in [-0.1, -0.05) is 12.8 Å². The summed E-state index contributed by atoms with van der Waals surface area (Å²) in [7, 11) is -2.35. The van der Waals surface area contributed by atoms with Crippen LogP contribution < -0.4 is 4.72 Å². The molecule has 0 bridgehead atoms. The summed E-state index contributed by atoms with van der Waals surface area (Å²) in [4.78, 5) is 11.3. The lowest BCUT2D eigenvalue weighted by Gasteiger charge is -2.45. The second-order valence-corrected chi connectivity index (χ2v) is 6.86. The number of aliphatic carboxylic acids is 1. The van der Waals surface area contributed by atoms with Crippen molar-refractivity contribution in [2.24, 2.45) is 5.92 Å². The van der Waals surface area contributed by atoms with Crippen molar-refractivity contribution in [2.75, 3.05) is 7.05 Å². The summed E-state index contributed by atoms with van der Waals surface area (Å²) in [5, 5.41) is 9.22. The van der Waals surface area contributed by atoms with Crippen molar-refractivity contribution in [3.05, 3.63) is 0 Å². The summed E-state index contributed by atoms with van der Waals surface area (Å²) < 4.78 is 27.6. The Morgan fingerprint density at radius 3 is 2.50 bits per heavy atom. The molecule has 7 heteroatoms. The molecule has 0 aromatic rings. The Kier molecular flexibility index (Phi) is 3.93. The van der Waals surface area contributed by atoms with Gasteiger partial charge in [-0.05, 0) is 31.6 Å². The summed E-state index contributed by atoms with van der Waals surface area (Å²) in [6, 6.07) is -1.06. The number of nitrogens with one attached hydrogen (secondary N) is 1. The number of carboxylic acids is 1. The van der Waals surface area contributed by atoms with Crippen LogP contribution in [0.1, 0.15) is 38.5 Å². The molecule has 0 radical (unpaired) electrons. The highest BCUT2D eigenvalue weighted by Gasteiger charge is 2.46. The van der Waals surface area contributed by atoms with Crippen LogP contribution in [0.5, 0.6) is 0 Å². The van der Waals surface area contributed by atoms with Gasteiger partial charge in [0.15, 0.2) is 0 Å². The van der Waals surface area contributed by atoms with E-state index in [0.717, 1.165) is 32.1 Å². The van der Waals surface area contributed by atoms with E-state index < -0.39 is 22.2 Å². The van der Waals surface area contributed by atoms with Crippen LogP contribution in [0.4, 0.5) is 0 Å². The number of rotatable bonds is 3. The highest BCUT2D eigenvalue weighted by atomic mass is 32.2. The second kappa shape index (κ2) is 5.14. The number of hydrogen-bond acceptors (Lipinski definition) is 3. The van der Waals surface area contributed by atoms with Crippen molar-refractivity contribution in [2.45, 2.75) is 50.6 Å². The third-order valence-electron chi connectivity index (χ3n) is 4.13. The van der Waals surface area contributed by atoms with Gasteiger partial charge in [0, 0.05) is 13.1 Å². The zero-order valence-corrected chi connectivity index (χ0v) is 11.3. The van der Waals surface area contributed by atoms with Gasteiger partial charge >= 0.3 is 5.97 Å². The molecular weight excluding hydrogens is 256 g/mol. The molecule has 6 nitrogen and oxygen atoms in total. The number of fused-ring (bicyclic) bond motifs is 1. The third-order valence-corrected chi connectivity index (χ3v) is 5.73. The fourth-order valence-corrected chi connectivity index (χ4v) is 4.65. The Morgan fingerprint density at radius 2 is 1.89 bits per heavy atom. The topological polar surface area (TPSA) is 86.7 Å². The van der Waals surface area contributed by atoms with Gasteiger partial charge in [0.05, 0.1) is 0 Å². The molecule has 2 rings (SSSR count). The standard InChI is InChI=1S/C11H20N2O4S/c1-12-18(16,17)13-9-5-3-2-4-8(9)6-7-10(13)11(14)15/h8-10,12H,2-7H2,1H3,(H,14,15). The van der Waals surface area contributed by atoms with Gasteiger partial charge in [0.1, 0.15) is 6.04 Å². The first-order valence-electron chi connectivity index (χ1n) is 6.42. The molecule has 0 aromatic carbocycles. The maximum atomic E-state index is 12.1. The summed E-state index contributed by atoms with van der Waals surface area (Å²) in [6.07, 6.45) is 5.10. The van der Waals surface area contributed by atoms with Crippen LogP contribution in [0.25, 0.3) is 0 Å². The van der Waals surface area contributed by atoms with Gasteiger partial charge in [-0.2, -0.15) is 12.7 Å². The summed E-state index contributed by atoms with van der Waals surface area (Å²) >= 11 is 0. The lowest BCUT2D eigenvalue weighted by atomic mass is 9.78. The van der Waals surface area contributed by atoms with Gasteiger partial charge < -0.3 is 5.11 Å². The number of carboxylic acid groups (broad SMARTS) is 1. The van der Waals surface area contributed by atoms with E-state index in [1.165, 1.54) is 11.4 Å². The fourth-order valence-electron chi connectivity index (χ4n) is 3.27. The molecule has 2 N–H and O–H groups in total. The minimum absolute atomic E-state index is 0.147. The van der Waals surface area contributed by atoms with Gasteiger partial charge in [-0.3, -0.25) is 4.79 Å². The second-order valence-electron chi connectivity index (χ2n) is 5.08. The van der Waals surface area contributed by atoms with E-state index in [4.69, 9.17) is 0 Å². The Morgan fingerprint density at radius 1 is 1.22 bits per heavy atom. The van der Waals surface area contributed by atoms with Gasteiger partial charge in [0.25, 0.3) is 10.2 Å². The fraction of sp³-hybridized carbons (Fsp3) is 0.909. The van der Waals surface area contributed by atoms with Crippen molar-refractivity contribution >= 4 is 16.2 Å². The molecule has 104 valence electrons. The Hall–Kier alpha value is -0.660. The van der Waals surface area contributed by atoms with E-state index in [2.05, 4.69) is 4.72 Å². The Balaban J connectivity index is 2.33. The lowest BCUT2D eigenvalue weighted by molar-refractivity contribution is -0.144. The average Bonchev–Trinajstić information content (AvgIpc) is 2.37. The van der Waals surface area contributed by atoms with E-state index in [1.807, 2.05) is 0 Å². The largest absolute Gasteiger partial charge is 0.480 e. The van der Waals surface area contributed by atoms with Crippen molar-refractivity contribution in [1.82, 2.24) is 9.03 Å². The highest BCUT2D eigenvalue weighted by Crippen LogP contribution is 2.39. The predicted octanol–water partition coefficient (Wildman–Crippen LogP) is 0.558.